The summed E-state index contributed by atoms with van der Waals surface area (Å²) < 4.78 is 13.2. The van der Waals surface area contributed by atoms with Crippen molar-refractivity contribution in [2.45, 2.75) is 75.5 Å². The van der Waals surface area contributed by atoms with Gasteiger partial charge in [-0.15, -0.1) is 11.8 Å². The molecule has 0 unspecified atom stereocenters. The van der Waals surface area contributed by atoms with E-state index in [2.05, 4.69) is 48.9 Å². The number of carbonyl (C=O) groups excluding carboxylic acids is 1. The number of hydrogen-bond acceptors (Lipinski definition) is 7. The molecule has 12 heteroatoms. The smallest absolute Gasteiger partial charge is 0.329 e. The third kappa shape index (κ3) is 5.00. The zero-order chi connectivity index (χ0) is 22.9. The van der Waals surface area contributed by atoms with Crippen LogP contribution in [-0.4, -0.2) is 41.4 Å². The van der Waals surface area contributed by atoms with Gasteiger partial charge in [-0.05, 0) is 30.6 Å². The Morgan fingerprint density at radius 2 is 2.10 bits per heavy atom. The number of H-pyrrole nitrogens is 1. The van der Waals surface area contributed by atoms with E-state index in [1.165, 1.54) is 29.4 Å². The average molecular weight is 456 g/mol. The van der Waals surface area contributed by atoms with Crippen molar-refractivity contribution in [1.29, 1.82) is 0 Å². The predicted molar refractivity (Wildman–Crippen MR) is 118 cm³/mol. The van der Waals surface area contributed by atoms with Crippen LogP contribution in [0.5, 0.6) is 0 Å². The van der Waals surface area contributed by atoms with E-state index in [4.69, 9.17) is 9.16 Å². The minimum absolute atomic E-state index is 0.106. The topological polar surface area (TPSA) is 139 Å². The van der Waals surface area contributed by atoms with Crippen molar-refractivity contribution in [3.63, 3.8) is 0 Å². The molecule has 0 saturated carbocycles. The first-order chi connectivity index (χ1) is 13.7. The lowest BCUT2D eigenvalue weighted by molar-refractivity contribution is -0.142. The molecule has 1 aromatic rings. The summed E-state index contributed by atoms with van der Waals surface area (Å²) >= 11 is 1.21. The van der Waals surface area contributed by atoms with Crippen molar-refractivity contribution in [2.75, 3.05) is 6.61 Å². The molecule has 1 fully saturated rings. The summed E-state index contributed by atoms with van der Waals surface area (Å²) in [7, 11) is -2.29. The van der Waals surface area contributed by atoms with E-state index in [-0.39, 0.29) is 11.6 Å². The molecule has 10 nitrogen and oxygen atoms in total. The molecule has 1 aliphatic rings. The van der Waals surface area contributed by atoms with Gasteiger partial charge in [0.1, 0.15) is 6.61 Å². The molecule has 1 aromatic heterocycles. The summed E-state index contributed by atoms with van der Waals surface area (Å²) in [6.07, 6.45) is 1.26. The highest BCUT2D eigenvalue weighted by Gasteiger charge is 2.54. The molecule has 0 aliphatic carbocycles. The maximum absolute atomic E-state index is 12.4. The fourth-order valence-corrected chi connectivity index (χ4v) is 5.85. The van der Waals surface area contributed by atoms with E-state index in [0.717, 1.165) is 0 Å². The number of azide groups is 1. The maximum Gasteiger partial charge on any atom is 0.329 e. The van der Waals surface area contributed by atoms with Crippen LogP contribution < -0.4 is 11.2 Å². The maximum atomic E-state index is 12.4. The van der Waals surface area contributed by atoms with Crippen LogP contribution in [0.15, 0.2) is 20.9 Å². The van der Waals surface area contributed by atoms with Crippen LogP contribution in [-0.2, 0) is 14.0 Å². The van der Waals surface area contributed by atoms with Crippen molar-refractivity contribution in [1.82, 2.24) is 9.55 Å². The summed E-state index contributed by atoms with van der Waals surface area (Å²) in [4.78, 5) is 39.8. The molecule has 166 valence electrons. The van der Waals surface area contributed by atoms with Gasteiger partial charge in [-0.3, -0.25) is 19.1 Å². The average Bonchev–Trinajstić information content (AvgIpc) is 2.93. The number of esters is 1. The number of aromatic amines is 1. The van der Waals surface area contributed by atoms with Gasteiger partial charge in [0.2, 0.25) is 0 Å². The van der Waals surface area contributed by atoms with E-state index in [0.29, 0.717) is 12.0 Å². The van der Waals surface area contributed by atoms with Gasteiger partial charge in [0, 0.05) is 30.0 Å². The summed E-state index contributed by atoms with van der Waals surface area (Å²) in [6, 6.07) is 0. The lowest BCUT2D eigenvalue weighted by atomic mass is 10.1. The molecule has 2 rings (SSSR count). The monoisotopic (exact) mass is 455 g/mol. The van der Waals surface area contributed by atoms with Crippen LogP contribution >= 0.6 is 11.8 Å². The van der Waals surface area contributed by atoms with Gasteiger partial charge in [0.15, 0.2) is 13.2 Å². The van der Waals surface area contributed by atoms with Crippen molar-refractivity contribution in [2.24, 2.45) is 5.11 Å². The lowest BCUT2D eigenvalue weighted by Crippen LogP contribution is -2.50. The number of carbonyl (C=O) groups is 1. The second-order valence-corrected chi connectivity index (χ2v) is 15.2. The highest BCUT2D eigenvalue weighted by Crippen LogP contribution is 2.53. The molecule has 0 spiro atoms. The van der Waals surface area contributed by atoms with Crippen molar-refractivity contribution >= 4 is 26.0 Å². The molecule has 1 saturated heterocycles. The Bertz CT molecular complexity index is 978. The predicted octanol–water partition coefficient (Wildman–Crippen LogP) is 3.44. The Morgan fingerprint density at radius 1 is 1.47 bits per heavy atom. The van der Waals surface area contributed by atoms with Gasteiger partial charge in [0.25, 0.3) is 5.56 Å². The first-order valence-electron chi connectivity index (χ1n) is 9.60. The zero-order valence-corrected chi connectivity index (χ0v) is 20.2. The number of thioether (sulfide) groups is 1. The van der Waals surface area contributed by atoms with Crippen LogP contribution in [0.2, 0.25) is 18.1 Å². The Hall–Kier alpha value is -2.01. The van der Waals surface area contributed by atoms with Crippen LogP contribution in [0.1, 0.15) is 45.1 Å². The molecule has 0 bridgehead atoms. The molecule has 1 aliphatic heterocycles. The van der Waals surface area contributed by atoms with Gasteiger partial charge < -0.3 is 9.16 Å². The SMILES string of the molecule is CC(=O)OC[C@]1(N=[N+]=[N-])S[C@@H](n2cc(C)c(=O)[nH]c2=O)C[C@@H]1O[Si](C)(C)C(C)(C)C. The minimum atomic E-state index is -2.29. The normalized spacial score (nSPS) is 24.4. The summed E-state index contributed by atoms with van der Waals surface area (Å²) in [6.45, 7) is 13.1. The number of aryl methyl sites for hydroxylation is 1. The van der Waals surface area contributed by atoms with Crippen LogP contribution in [0, 0.1) is 6.92 Å². The molecule has 0 amide bonds. The van der Waals surface area contributed by atoms with Crippen molar-refractivity contribution in [3.05, 3.63) is 43.0 Å². The Morgan fingerprint density at radius 3 is 2.63 bits per heavy atom. The molecule has 30 heavy (non-hydrogen) atoms. The van der Waals surface area contributed by atoms with Crippen LogP contribution in [0.25, 0.3) is 10.4 Å². The lowest BCUT2D eigenvalue weighted by Gasteiger charge is -2.41. The number of nitrogens with one attached hydrogen (secondary N) is 1. The first kappa shape index (κ1) is 24.3. The molecule has 3 atom stereocenters. The van der Waals surface area contributed by atoms with Gasteiger partial charge >= 0.3 is 11.7 Å². The summed E-state index contributed by atoms with van der Waals surface area (Å²) in [5.74, 6) is -0.505. The third-order valence-corrected chi connectivity index (χ3v) is 11.7. The number of rotatable bonds is 6. The van der Waals surface area contributed by atoms with Gasteiger partial charge in [-0.1, -0.05) is 25.9 Å². The fraction of sp³-hybridized carbons (Fsp3) is 0.722. The number of ether oxygens (including phenoxy) is 1. The molecule has 0 radical (unpaired) electrons. The van der Waals surface area contributed by atoms with E-state index >= 15 is 0 Å². The fourth-order valence-electron chi connectivity index (χ4n) is 2.89. The van der Waals surface area contributed by atoms with Crippen molar-refractivity contribution in [3.8, 4) is 0 Å². The summed E-state index contributed by atoms with van der Waals surface area (Å²) in [5.41, 5.74) is 8.65. The van der Waals surface area contributed by atoms with Crippen LogP contribution in [0.4, 0.5) is 0 Å². The Kier molecular flexibility index (Phi) is 6.97. The van der Waals surface area contributed by atoms with Crippen LogP contribution in [0.3, 0.4) is 0 Å². The number of nitrogens with zero attached hydrogens (tertiary/aromatic N) is 4. The molecular weight excluding hydrogens is 426 g/mol. The Balaban J connectivity index is 2.53. The number of hydrogen-bond donors (Lipinski definition) is 1. The molecular formula is C18H29N5O5SSi. The quantitative estimate of drug-likeness (QED) is 0.229. The highest BCUT2D eigenvalue weighted by molar-refractivity contribution is 8.01. The molecule has 0 aromatic carbocycles. The van der Waals surface area contributed by atoms with E-state index in [1.807, 2.05) is 0 Å². The first-order valence-corrected chi connectivity index (χ1v) is 13.4. The standard InChI is InChI=1S/C18H29N5O5SSi/c1-11-9-23(16(26)20-15(11)25)14-8-13(28-30(6,7)17(3,4)5)18(29-14,21-22-19)10-27-12(2)24/h9,13-14H,8,10H2,1-7H3,(H,20,25,26)/t13-,14+,18-/m0/s1. The molecule has 1 N–H and O–H groups in total. The third-order valence-electron chi connectivity index (χ3n) is 5.65. The highest BCUT2D eigenvalue weighted by atomic mass is 32.2. The van der Waals surface area contributed by atoms with E-state index in [9.17, 15) is 19.9 Å². The van der Waals surface area contributed by atoms with Gasteiger partial charge in [0.05, 0.1) is 11.5 Å². The Labute approximate surface area is 180 Å². The van der Waals surface area contributed by atoms with Crippen molar-refractivity contribution < 1.29 is 14.0 Å². The van der Waals surface area contributed by atoms with Gasteiger partial charge in [-0.25, -0.2) is 4.79 Å². The zero-order valence-electron chi connectivity index (χ0n) is 18.4. The molecule has 2 heterocycles. The minimum Gasteiger partial charge on any atom is -0.464 e. The second-order valence-electron chi connectivity index (χ2n) is 8.97. The van der Waals surface area contributed by atoms with E-state index in [1.54, 1.807) is 6.92 Å². The largest absolute Gasteiger partial charge is 0.464 e. The van der Waals surface area contributed by atoms with Gasteiger partial charge in [-0.2, -0.15) is 0 Å². The summed E-state index contributed by atoms with van der Waals surface area (Å²) in [5, 5.41) is 3.42. The second kappa shape index (κ2) is 8.62. The van der Waals surface area contributed by atoms with E-state index < -0.39 is 41.9 Å². The number of aromatic nitrogens is 2.